The first-order chi connectivity index (χ1) is 8.56. The van der Waals surface area contributed by atoms with Gasteiger partial charge in [0.1, 0.15) is 11.9 Å². The highest BCUT2D eigenvalue weighted by atomic mass is 16.5. The van der Waals surface area contributed by atoms with E-state index in [1.54, 1.807) is 0 Å². The molecule has 2 heteroatoms. The summed E-state index contributed by atoms with van der Waals surface area (Å²) in [6.45, 7) is 6.57. The Kier molecular flexibility index (Phi) is 4.28. The highest BCUT2D eigenvalue weighted by Crippen LogP contribution is 2.32. The summed E-state index contributed by atoms with van der Waals surface area (Å²) in [5.74, 6) is 2.21. The van der Waals surface area contributed by atoms with Gasteiger partial charge in [-0.15, -0.1) is 0 Å². The molecule has 1 fully saturated rings. The van der Waals surface area contributed by atoms with Gasteiger partial charge in [0, 0.05) is 0 Å². The first-order valence-corrected chi connectivity index (χ1v) is 6.97. The van der Waals surface area contributed by atoms with E-state index in [0.29, 0.717) is 11.8 Å². The third-order valence-electron chi connectivity index (χ3n) is 4.05. The van der Waals surface area contributed by atoms with Crippen molar-refractivity contribution in [2.75, 3.05) is 0 Å². The predicted octanol–water partition coefficient (Wildman–Crippen LogP) is 3.56. The van der Waals surface area contributed by atoms with Crippen LogP contribution in [0.2, 0.25) is 0 Å². The largest absolute Gasteiger partial charge is 0.488 e. The molecular formula is C16H24O2. The molecule has 0 aromatic heterocycles. The Hall–Kier alpha value is -1.02. The zero-order valence-corrected chi connectivity index (χ0v) is 11.6. The van der Waals surface area contributed by atoms with Crippen molar-refractivity contribution < 1.29 is 9.84 Å². The van der Waals surface area contributed by atoms with Crippen molar-refractivity contribution >= 4 is 0 Å². The second-order valence-corrected chi connectivity index (χ2v) is 5.85. The van der Waals surface area contributed by atoms with Crippen molar-refractivity contribution in [1.29, 1.82) is 0 Å². The molecule has 0 saturated heterocycles. The summed E-state index contributed by atoms with van der Waals surface area (Å²) in [6, 6.07) is 8.07. The Bertz CT molecular complexity index is 369. The van der Waals surface area contributed by atoms with E-state index in [9.17, 15) is 5.11 Å². The van der Waals surface area contributed by atoms with Gasteiger partial charge < -0.3 is 9.84 Å². The Morgan fingerprint density at radius 3 is 2.44 bits per heavy atom. The van der Waals surface area contributed by atoms with E-state index >= 15 is 0 Å². The van der Waals surface area contributed by atoms with Crippen LogP contribution in [-0.4, -0.2) is 17.3 Å². The van der Waals surface area contributed by atoms with Crippen LogP contribution in [0, 0.1) is 18.8 Å². The average molecular weight is 248 g/mol. The van der Waals surface area contributed by atoms with Gasteiger partial charge in [-0.25, -0.2) is 0 Å². The number of ether oxygens (including phenoxy) is 1. The zero-order valence-electron chi connectivity index (χ0n) is 11.6. The Labute approximate surface area is 110 Å². The minimum atomic E-state index is -0.318. The van der Waals surface area contributed by atoms with Crippen LogP contribution in [0.3, 0.4) is 0 Å². The summed E-state index contributed by atoms with van der Waals surface area (Å²) >= 11 is 0. The summed E-state index contributed by atoms with van der Waals surface area (Å²) < 4.78 is 5.95. The highest BCUT2D eigenvalue weighted by molar-refractivity contribution is 5.26. The molecule has 3 unspecified atom stereocenters. The highest BCUT2D eigenvalue weighted by Gasteiger charge is 2.31. The molecular weight excluding hydrogens is 224 g/mol. The van der Waals surface area contributed by atoms with E-state index in [-0.39, 0.29) is 12.2 Å². The van der Waals surface area contributed by atoms with Gasteiger partial charge in [0.15, 0.2) is 0 Å². The van der Waals surface area contributed by atoms with Crippen LogP contribution < -0.4 is 4.74 Å². The molecule has 0 amide bonds. The maximum atomic E-state index is 10.1. The molecule has 1 saturated carbocycles. The Morgan fingerprint density at radius 2 is 1.83 bits per heavy atom. The standard InChI is InChI=1S/C16H24O2/c1-11(2)13-6-9-15(17)16(10-13)18-14-7-4-12(3)5-8-14/h4-5,7-8,11,13,15-17H,6,9-10H2,1-3H3. The maximum Gasteiger partial charge on any atom is 0.125 e. The summed E-state index contributed by atoms with van der Waals surface area (Å²) in [6.07, 6.45) is 2.58. The van der Waals surface area contributed by atoms with Gasteiger partial charge in [-0.2, -0.15) is 0 Å². The lowest BCUT2D eigenvalue weighted by molar-refractivity contribution is -0.0176. The van der Waals surface area contributed by atoms with Crippen molar-refractivity contribution in [3.63, 3.8) is 0 Å². The lowest BCUT2D eigenvalue weighted by Gasteiger charge is -2.35. The number of rotatable bonds is 3. The molecule has 100 valence electrons. The Balaban J connectivity index is 2.00. The number of hydrogen-bond acceptors (Lipinski definition) is 2. The summed E-state index contributed by atoms with van der Waals surface area (Å²) in [5.41, 5.74) is 1.23. The summed E-state index contributed by atoms with van der Waals surface area (Å²) in [4.78, 5) is 0. The fourth-order valence-corrected chi connectivity index (χ4v) is 2.67. The van der Waals surface area contributed by atoms with Crippen LogP contribution in [0.25, 0.3) is 0 Å². The maximum absolute atomic E-state index is 10.1. The fourth-order valence-electron chi connectivity index (χ4n) is 2.67. The van der Waals surface area contributed by atoms with Crippen LogP contribution in [0.4, 0.5) is 0 Å². The molecule has 1 N–H and O–H groups in total. The molecule has 2 nitrogen and oxygen atoms in total. The Morgan fingerprint density at radius 1 is 1.17 bits per heavy atom. The first-order valence-electron chi connectivity index (χ1n) is 6.97. The van der Waals surface area contributed by atoms with E-state index < -0.39 is 0 Å². The molecule has 0 radical (unpaired) electrons. The number of benzene rings is 1. The van der Waals surface area contributed by atoms with E-state index in [2.05, 4.69) is 20.8 Å². The van der Waals surface area contributed by atoms with Crippen molar-refractivity contribution in [2.24, 2.45) is 11.8 Å². The molecule has 2 rings (SSSR count). The number of aliphatic hydroxyl groups is 1. The smallest absolute Gasteiger partial charge is 0.125 e. The van der Waals surface area contributed by atoms with Crippen LogP contribution in [0.5, 0.6) is 5.75 Å². The van der Waals surface area contributed by atoms with E-state index in [1.165, 1.54) is 5.56 Å². The monoisotopic (exact) mass is 248 g/mol. The van der Waals surface area contributed by atoms with Crippen LogP contribution >= 0.6 is 0 Å². The quantitative estimate of drug-likeness (QED) is 0.886. The van der Waals surface area contributed by atoms with Gasteiger partial charge in [0.05, 0.1) is 6.10 Å². The van der Waals surface area contributed by atoms with Gasteiger partial charge >= 0.3 is 0 Å². The van der Waals surface area contributed by atoms with Crippen LogP contribution in [0.15, 0.2) is 24.3 Å². The lowest BCUT2D eigenvalue weighted by atomic mass is 9.79. The fraction of sp³-hybridized carbons (Fsp3) is 0.625. The minimum absolute atomic E-state index is 0.0474. The summed E-state index contributed by atoms with van der Waals surface area (Å²) in [5, 5.41) is 10.1. The molecule has 0 bridgehead atoms. The van der Waals surface area contributed by atoms with E-state index in [1.807, 2.05) is 24.3 Å². The predicted molar refractivity (Wildman–Crippen MR) is 73.8 cm³/mol. The van der Waals surface area contributed by atoms with Crippen molar-refractivity contribution in [1.82, 2.24) is 0 Å². The van der Waals surface area contributed by atoms with Gasteiger partial charge in [-0.05, 0) is 50.2 Å². The molecule has 0 heterocycles. The van der Waals surface area contributed by atoms with Gasteiger partial charge in [-0.1, -0.05) is 31.5 Å². The number of hydrogen-bond donors (Lipinski definition) is 1. The van der Waals surface area contributed by atoms with Crippen molar-refractivity contribution in [3.05, 3.63) is 29.8 Å². The van der Waals surface area contributed by atoms with Crippen molar-refractivity contribution in [3.8, 4) is 5.75 Å². The topological polar surface area (TPSA) is 29.5 Å². The first kappa shape index (κ1) is 13.4. The van der Waals surface area contributed by atoms with Gasteiger partial charge in [-0.3, -0.25) is 0 Å². The average Bonchev–Trinajstić information content (AvgIpc) is 2.34. The van der Waals surface area contributed by atoms with Crippen molar-refractivity contribution in [2.45, 2.75) is 52.2 Å². The molecule has 1 aromatic rings. The van der Waals surface area contributed by atoms with Crippen LogP contribution in [-0.2, 0) is 0 Å². The second-order valence-electron chi connectivity index (χ2n) is 5.85. The molecule has 18 heavy (non-hydrogen) atoms. The number of aliphatic hydroxyl groups excluding tert-OH is 1. The normalized spacial score (nSPS) is 28.4. The SMILES string of the molecule is Cc1ccc(OC2CC(C(C)C)CCC2O)cc1. The van der Waals surface area contributed by atoms with E-state index in [4.69, 9.17) is 4.74 Å². The van der Waals surface area contributed by atoms with E-state index in [0.717, 1.165) is 25.0 Å². The molecule has 1 aromatic carbocycles. The van der Waals surface area contributed by atoms with Gasteiger partial charge in [0.25, 0.3) is 0 Å². The minimum Gasteiger partial charge on any atom is -0.488 e. The third-order valence-corrected chi connectivity index (χ3v) is 4.05. The summed E-state index contributed by atoms with van der Waals surface area (Å²) in [7, 11) is 0. The molecule has 0 aliphatic heterocycles. The van der Waals surface area contributed by atoms with Gasteiger partial charge in [0.2, 0.25) is 0 Å². The number of aryl methyl sites for hydroxylation is 1. The van der Waals surface area contributed by atoms with Crippen LogP contribution in [0.1, 0.15) is 38.7 Å². The molecule has 0 spiro atoms. The molecule has 1 aliphatic rings. The zero-order chi connectivity index (χ0) is 13.1. The second kappa shape index (κ2) is 5.75. The third kappa shape index (κ3) is 3.26. The lowest BCUT2D eigenvalue weighted by Crippen LogP contribution is -2.39. The molecule has 1 aliphatic carbocycles. The molecule has 3 atom stereocenters.